The third kappa shape index (κ3) is 2.63. The highest BCUT2D eigenvalue weighted by molar-refractivity contribution is 6.34. The first-order chi connectivity index (χ1) is 9.65. The van der Waals surface area contributed by atoms with Gasteiger partial charge in [-0.15, -0.1) is 0 Å². The number of halogens is 1. The first kappa shape index (κ1) is 13.0. The molecule has 0 radical (unpaired) electrons. The molecule has 0 unspecified atom stereocenters. The quantitative estimate of drug-likeness (QED) is 0.913. The van der Waals surface area contributed by atoms with Gasteiger partial charge in [0, 0.05) is 11.6 Å². The Labute approximate surface area is 120 Å². The molecular formula is C14H12ClNO4. The van der Waals surface area contributed by atoms with E-state index in [2.05, 4.69) is 5.16 Å². The lowest BCUT2D eigenvalue weighted by Gasteiger charge is -2.09. The maximum absolute atomic E-state index is 10.8. The summed E-state index contributed by atoms with van der Waals surface area (Å²) in [6.07, 6.45) is 2.39. The molecule has 6 heteroatoms. The number of carboxylic acid groups (broad SMARTS) is 1. The number of ether oxygens (including phenoxy) is 1. The smallest absolute Gasteiger partial charge is 0.374 e. The van der Waals surface area contributed by atoms with Crippen LogP contribution >= 0.6 is 11.6 Å². The average molecular weight is 294 g/mol. The summed E-state index contributed by atoms with van der Waals surface area (Å²) in [6, 6.07) is 6.66. The van der Waals surface area contributed by atoms with E-state index in [1.807, 2.05) is 0 Å². The molecule has 0 amide bonds. The normalized spacial score (nSPS) is 14.2. The Bertz CT molecular complexity index is 648. The lowest BCUT2D eigenvalue weighted by Crippen LogP contribution is -1.99. The number of hydrogen-bond donors (Lipinski definition) is 1. The maximum atomic E-state index is 10.8. The minimum absolute atomic E-state index is 0.222. The molecule has 3 rings (SSSR count). The van der Waals surface area contributed by atoms with Crippen molar-refractivity contribution in [3.8, 4) is 17.0 Å². The Hall–Kier alpha value is -2.01. The molecule has 0 atom stereocenters. The molecule has 0 bridgehead atoms. The highest BCUT2D eigenvalue weighted by atomic mass is 35.5. The minimum Gasteiger partial charge on any atom is -0.492 e. The molecule has 1 aliphatic carbocycles. The van der Waals surface area contributed by atoms with Crippen LogP contribution in [0.15, 0.2) is 28.8 Å². The van der Waals surface area contributed by atoms with Crippen LogP contribution in [-0.4, -0.2) is 22.8 Å². The highest BCUT2D eigenvalue weighted by Gasteiger charge is 2.23. The lowest BCUT2D eigenvalue weighted by molar-refractivity contribution is 0.0652. The van der Waals surface area contributed by atoms with E-state index in [9.17, 15) is 4.79 Å². The van der Waals surface area contributed by atoms with Crippen LogP contribution < -0.4 is 4.74 Å². The molecule has 1 N–H and O–H groups in total. The van der Waals surface area contributed by atoms with Gasteiger partial charge in [-0.2, -0.15) is 0 Å². The molecule has 1 fully saturated rings. The van der Waals surface area contributed by atoms with E-state index in [0.29, 0.717) is 34.6 Å². The Balaban J connectivity index is 1.87. The van der Waals surface area contributed by atoms with Crippen molar-refractivity contribution in [3.63, 3.8) is 0 Å². The Kier molecular flexibility index (Phi) is 3.36. The number of carboxylic acids is 1. The number of aromatic nitrogens is 1. The Morgan fingerprint density at radius 1 is 1.50 bits per heavy atom. The van der Waals surface area contributed by atoms with Gasteiger partial charge in [-0.1, -0.05) is 28.9 Å². The van der Waals surface area contributed by atoms with Gasteiger partial charge >= 0.3 is 5.97 Å². The summed E-state index contributed by atoms with van der Waals surface area (Å²) in [5.74, 6) is -0.183. The van der Waals surface area contributed by atoms with Crippen molar-refractivity contribution in [1.29, 1.82) is 0 Å². The van der Waals surface area contributed by atoms with Crippen LogP contribution in [0.25, 0.3) is 11.3 Å². The molecule has 1 heterocycles. The van der Waals surface area contributed by atoms with Crippen LogP contribution in [-0.2, 0) is 0 Å². The van der Waals surface area contributed by atoms with E-state index >= 15 is 0 Å². The van der Waals surface area contributed by atoms with Gasteiger partial charge in [-0.3, -0.25) is 0 Å². The van der Waals surface area contributed by atoms with Gasteiger partial charge in [0.25, 0.3) is 0 Å². The predicted octanol–water partition coefficient (Wildman–Crippen LogP) is 3.48. The van der Waals surface area contributed by atoms with Gasteiger partial charge < -0.3 is 14.4 Å². The SMILES string of the molecule is O=C(O)c1cc(-c2cccc(OCC3CC3)c2Cl)no1. The van der Waals surface area contributed by atoms with Crippen LogP contribution in [0, 0.1) is 5.92 Å². The molecular weight excluding hydrogens is 282 g/mol. The van der Waals surface area contributed by atoms with Crippen LogP contribution in [0.3, 0.4) is 0 Å². The number of rotatable bonds is 5. The van der Waals surface area contributed by atoms with Gasteiger partial charge in [0.2, 0.25) is 5.76 Å². The van der Waals surface area contributed by atoms with Crippen LogP contribution in [0.5, 0.6) is 5.75 Å². The predicted molar refractivity (Wildman–Crippen MR) is 72.1 cm³/mol. The van der Waals surface area contributed by atoms with Crippen molar-refractivity contribution >= 4 is 17.6 Å². The summed E-state index contributed by atoms with van der Waals surface area (Å²) in [5, 5.41) is 13.0. The maximum Gasteiger partial charge on any atom is 0.374 e. The van der Waals surface area contributed by atoms with Gasteiger partial charge in [0.1, 0.15) is 11.4 Å². The van der Waals surface area contributed by atoms with Crippen molar-refractivity contribution in [1.82, 2.24) is 5.16 Å². The highest BCUT2D eigenvalue weighted by Crippen LogP contribution is 2.36. The number of benzene rings is 1. The second kappa shape index (κ2) is 5.17. The van der Waals surface area contributed by atoms with E-state index < -0.39 is 5.97 Å². The van der Waals surface area contributed by atoms with Crippen molar-refractivity contribution in [2.45, 2.75) is 12.8 Å². The van der Waals surface area contributed by atoms with Gasteiger partial charge in [0.05, 0.1) is 11.6 Å². The second-order valence-corrected chi connectivity index (χ2v) is 5.13. The molecule has 0 spiro atoms. The van der Waals surface area contributed by atoms with Crippen LogP contribution in [0.2, 0.25) is 5.02 Å². The summed E-state index contributed by atoms with van der Waals surface area (Å²) in [7, 11) is 0. The van der Waals surface area contributed by atoms with E-state index in [1.165, 1.54) is 18.9 Å². The number of carbonyl (C=O) groups is 1. The minimum atomic E-state index is -1.17. The number of hydrogen-bond acceptors (Lipinski definition) is 4. The van der Waals surface area contributed by atoms with Crippen molar-refractivity contribution in [2.75, 3.05) is 6.61 Å². The molecule has 104 valence electrons. The molecule has 1 aromatic carbocycles. The Morgan fingerprint density at radius 2 is 2.30 bits per heavy atom. The third-order valence-corrected chi connectivity index (χ3v) is 3.52. The average Bonchev–Trinajstić information content (AvgIpc) is 3.12. The van der Waals surface area contributed by atoms with E-state index in [1.54, 1.807) is 18.2 Å². The van der Waals surface area contributed by atoms with Crippen molar-refractivity contribution in [3.05, 3.63) is 35.0 Å². The van der Waals surface area contributed by atoms with Crippen molar-refractivity contribution < 1.29 is 19.2 Å². The summed E-state index contributed by atoms with van der Waals surface area (Å²) in [6.45, 7) is 0.655. The fraction of sp³-hybridized carbons (Fsp3) is 0.286. The molecule has 0 saturated heterocycles. The third-order valence-electron chi connectivity index (χ3n) is 3.13. The molecule has 2 aromatic rings. The van der Waals surface area contributed by atoms with Gasteiger partial charge in [-0.05, 0) is 24.8 Å². The molecule has 0 aliphatic heterocycles. The molecule has 1 aliphatic rings. The van der Waals surface area contributed by atoms with Crippen molar-refractivity contribution in [2.24, 2.45) is 5.92 Å². The molecule has 1 aromatic heterocycles. The first-order valence-corrected chi connectivity index (χ1v) is 6.64. The zero-order chi connectivity index (χ0) is 14.1. The lowest BCUT2D eigenvalue weighted by atomic mass is 10.1. The summed E-state index contributed by atoms with van der Waals surface area (Å²) >= 11 is 6.28. The monoisotopic (exact) mass is 293 g/mol. The molecule has 1 saturated carbocycles. The fourth-order valence-corrected chi connectivity index (χ4v) is 2.09. The van der Waals surface area contributed by atoms with E-state index in [0.717, 1.165) is 0 Å². The summed E-state index contributed by atoms with van der Waals surface area (Å²) in [4.78, 5) is 10.8. The summed E-state index contributed by atoms with van der Waals surface area (Å²) in [5.41, 5.74) is 0.973. The van der Waals surface area contributed by atoms with E-state index in [4.69, 9.17) is 26.0 Å². The second-order valence-electron chi connectivity index (χ2n) is 4.75. The standard InChI is InChI=1S/C14H12ClNO4/c15-13-9(10-6-12(14(17)18)20-16-10)2-1-3-11(13)19-7-8-4-5-8/h1-3,6,8H,4-5,7H2,(H,17,18). The van der Waals surface area contributed by atoms with Gasteiger partial charge in [-0.25, -0.2) is 4.79 Å². The summed E-state index contributed by atoms with van der Waals surface area (Å²) < 4.78 is 10.4. The topological polar surface area (TPSA) is 72.6 Å². The van der Waals surface area contributed by atoms with Crippen LogP contribution in [0.4, 0.5) is 0 Å². The van der Waals surface area contributed by atoms with E-state index in [-0.39, 0.29) is 5.76 Å². The molecule has 20 heavy (non-hydrogen) atoms. The van der Waals surface area contributed by atoms with Crippen LogP contribution in [0.1, 0.15) is 23.4 Å². The van der Waals surface area contributed by atoms with Gasteiger partial charge in [0.15, 0.2) is 0 Å². The largest absolute Gasteiger partial charge is 0.492 e. The number of nitrogens with zero attached hydrogens (tertiary/aromatic N) is 1. The number of aromatic carboxylic acids is 1. The Morgan fingerprint density at radius 3 is 2.95 bits per heavy atom. The molecule has 5 nitrogen and oxygen atoms in total. The fourth-order valence-electron chi connectivity index (χ4n) is 1.82. The zero-order valence-electron chi connectivity index (χ0n) is 10.5. The zero-order valence-corrected chi connectivity index (χ0v) is 11.3. The first-order valence-electron chi connectivity index (χ1n) is 6.27.